The van der Waals surface area contributed by atoms with Crippen LogP contribution in [0, 0.1) is 0 Å². The maximum absolute atomic E-state index is 12.0. The second-order valence-corrected chi connectivity index (χ2v) is 4.70. The van der Waals surface area contributed by atoms with Gasteiger partial charge in [0.05, 0.1) is 25.2 Å². The van der Waals surface area contributed by atoms with Gasteiger partial charge in [0.1, 0.15) is 6.61 Å². The number of rotatable bonds is 8. The maximum Gasteiger partial charge on any atom is 0.411 e. The van der Waals surface area contributed by atoms with E-state index < -0.39 is 18.2 Å². The van der Waals surface area contributed by atoms with Gasteiger partial charge in [0, 0.05) is 0 Å². The molecule has 1 aromatic rings. The van der Waals surface area contributed by atoms with Crippen molar-refractivity contribution in [3.8, 4) is 11.5 Å². The van der Waals surface area contributed by atoms with Gasteiger partial charge in [0.2, 0.25) is 0 Å². The number of benzene rings is 1. The van der Waals surface area contributed by atoms with Gasteiger partial charge >= 0.3 is 6.18 Å². The van der Waals surface area contributed by atoms with E-state index in [4.69, 9.17) is 21.1 Å². The summed E-state index contributed by atoms with van der Waals surface area (Å²) in [6.07, 6.45) is -4.36. The molecule has 120 valence electrons. The zero-order chi connectivity index (χ0) is 15.9. The Hall–Kier alpha value is -1.14. The van der Waals surface area contributed by atoms with Crippen molar-refractivity contribution in [3.63, 3.8) is 0 Å². The summed E-state index contributed by atoms with van der Waals surface area (Å²) in [7, 11) is 0. The zero-order valence-corrected chi connectivity index (χ0v) is 12.6. The quantitative estimate of drug-likeness (QED) is 0.665. The van der Waals surface area contributed by atoms with Crippen LogP contribution >= 0.6 is 11.6 Å². The normalized spacial score (nSPS) is 13.0. The lowest BCUT2D eigenvalue weighted by atomic mass is 10.1. The first-order chi connectivity index (χ1) is 9.87. The van der Waals surface area contributed by atoms with E-state index in [2.05, 4.69) is 4.74 Å². The molecule has 0 bridgehead atoms. The Labute approximate surface area is 126 Å². The maximum atomic E-state index is 12.0. The second kappa shape index (κ2) is 8.34. The molecule has 0 N–H and O–H groups in total. The first kappa shape index (κ1) is 17.9. The summed E-state index contributed by atoms with van der Waals surface area (Å²) in [5.41, 5.74) is 0.616. The van der Waals surface area contributed by atoms with Gasteiger partial charge in [0.15, 0.2) is 11.5 Å². The molecular formula is C14H18ClF3O3. The fourth-order valence-electron chi connectivity index (χ4n) is 1.64. The number of ether oxygens (including phenoxy) is 3. The Morgan fingerprint density at radius 2 is 1.71 bits per heavy atom. The third-order valence-electron chi connectivity index (χ3n) is 2.46. The molecule has 0 aromatic heterocycles. The molecule has 21 heavy (non-hydrogen) atoms. The molecule has 1 aromatic carbocycles. The predicted octanol–water partition coefficient (Wildman–Crippen LogP) is 4.34. The average molecular weight is 327 g/mol. The molecule has 0 aliphatic rings. The Morgan fingerprint density at radius 3 is 2.29 bits per heavy atom. The molecule has 1 rings (SSSR count). The van der Waals surface area contributed by atoms with Gasteiger partial charge in [-0.3, -0.25) is 0 Å². The van der Waals surface area contributed by atoms with Crippen LogP contribution in [0.25, 0.3) is 0 Å². The van der Waals surface area contributed by atoms with E-state index in [0.29, 0.717) is 30.3 Å². The van der Waals surface area contributed by atoms with Crippen molar-refractivity contribution in [3.05, 3.63) is 23.8 Å². The van der Waals surface area contributed by atoms with Crippen LogP contribution in [0.5, 0.6) is 11.5 Å². The lowest BCUT2D eigenvalue weighted by molar-refractivity contribution is -0.173. The molecule has 0 amide bonds. The lowest BCUT2D eigenvalue weighted by Crippen LogP contribution is -2.18. The van der Waals surface area contributed by atoms with E-state index in [1.807, 2.05) is 13.8 Å². The van der Waals surface area contributed by atoms with Crippen LogP contribution < -0.4 is 9.47 Å². The minimum absolute atomic E-state index is 0.236. The molecule has 1 unspecified atom stereocenters. The van der Waals surface area contributed by atoms with Crippen molar-refractivity contribution in [2.45, 2.75) is 25.4 Å². The lowest BCUT2D eigenvalue weighted by Gasteiger charge is -2.15. The first-order valence-corrected chi connectivity index (χ1v) is 6.99. The summed E-state index contributed by atoms with van der Waals surface area (Å²) in [4.78, 5) is 0. The Balaban J connectivity index is 2.71. The number of alkyl halides is 4. The highest BCUT2D eigenvalue weighted by atomic mass is 35.5. The van der Waals surface area contributed by atoms with Crippen LogP contribution in [-0.2, 0) is 4.74 Å². The highest BCUT2D eigenvalue weighted by Gasteiger charge is 2.28. The van der Waals surface area contributed by atoms with Crippen LogP contribution in [0.15, 0.2) is 18.2 Å². The third kappa shape index (κ3) is 6.44. The fraction of sp³-hybridized carbons (Fsp3) is 0.571. The smallest absolute Gasteiger partial charge is 0.411 e. The van der Waals surface area contributed by atoms with Crippen molar-refractivity contribution >= 4 is 11.6 Å². The van der Waals surface area contributed by atoms with E-state index in [1.165, 1.54) is 0 Å². The SMILES string of the molecule is CCOc1ccc(C(Cl)COCC(F)(F)F)cc1OCC. The van der Waals surface area contributed by atoms with Gasteiger partial charge in [-0.25, -0.2) is 0 Å². The average Bonchev–Trinajstić information content (AvgIpc) is 2.39. The van der Waals surface area contributed by atoms with Crippen LogP contribution in [0.4, 0.5) is 13.2 Å². The predicted molar refractivity (Wildman–Crippen MR) is 74.2 cm³/mol. The van der Waals surface area contributed by atoms with Gasteiger partial charge in [-0.2, -0.15) is 13.2 Å². The van der Waals surface area contributed by atoms with E-state index in [-0.39, 0.29) is 6.61 Å². The van der Waals surface area contributed by atoms with Gasteiger partial charge in [0.25, 0.3) is 0 Å². The van der Waals surface area contributed by atoms with Crippen LogP contribution in [-0.4, -0.2) is 32.6 Å². The molecule has 1 atom stereocenters. The molecule has 0 fully saturated rings. The molecule has 0 saturated carbocycles. The standard InChI is InChI=1S/C14H18ClF3O3/c1-3-20-12-6-5-10(7-13(12)21-4-2)11(15)8-19-9-14(16,17)18/h5-7,11H,3-4,8-9H2,1-2H3. The van der Waals surface area contributed by atoms with Crippen molar-refractivity contribution in [2.75, 3.05) is 26.4 Å². The highest BCUT2D eigenvalue weighted by Crippen LogP contribution is 2.33. The summed E-state index contributed by atoms with van der Waals surface area (Å²) in [6, 6.07) is 5.02. The van der Waals surface area contributed by atoms with Crippen molar-refractivity contribution in [1.82, 2.24) is 0 Å². The molecular weight excluding hydrogens is 309 g/mol. The van der Waals surface area contributed by atoms with Crippen molar-refractivity contribution < 1.29 is 27.4 Å². The minimum Gasteiger partial charge on any atom is -0.490 e. The molecule has 7 heteroatoms. The Bertz CT molecular complexity index is 438. The van der Waals surface area contributed by atoms with Gasteiger partial charge in [-0.05, 0) is 31.5 Å². The molecule has 3 nitrogen and oxygen atoms in total. The summed E-state index contributed by atoms with van der Waals surface area (Å²) in [5, 5.41) is -0.692. The monoisotopic (exact) mass is 326 g/mol. The van der Waals surface area contributed by atoms with Crippen LogP contribution in [0.3, 0.4) is 0 Å². The summed E-state index contributed by atoms with van der Waals surface area (Å²) in [5.74, 6) is 1.08. The second-order valence-electron chi connectivity index (χ2n) is 4.17. The summed E-state index contributed by atoms with van der Waals surface area (Å²) < 4.78 is 51.4. The largest absolute Gasteiger partial charge is 0.490 e. The van der Waals surface area contributed by atoms with Gasteiger partial charge in [-0.15, -0.1) is 11.6 Å². The molecule has 0 aliphatic heterocycles. The van der Waals surface area contributed by atoms with Crippen molar-refractivity contribution in [2.24, 2.45) is 0 Å². The topological polar surface area (TPSA) is 27.7 Å². The number of halogens is 4. The van der Waals surface area contributed by atoms with Crippen LogP contribution in [0.2, 0.25) is 0 Å². The number of hydrogen-bond donors (Lipinski definition) is 0. The molecule has 0 saturated heterocycles. The summed E-state index contributed by atoms with van der Waals surface area (Å²) in [6.45, 7) is 3.05. The first-order valence-electron chi connectivity index (χ1n) is 6.55. The van der Waals surface area contributed by atoms with Crippen molar-refractivity contribution in [1.29, 1.82) is 0 Å². The minimum atomic E-state index is -4.36. The fourth-order valence-corrected chi connectivity index (χ4v) is 1.86. The molecule has 0 heterocycles. The zero-order valence-electron chi connectivity index (χ0n) is 11.9. The van der Waals surface area contributed by atoms with E-state index in [0.717, 1.165) is 0 Å². The molecule has 0 radical (unpaired) electrons. The van der Waals surface area contributed by atoms with Crippen LogP contribution in [0.1, 0.15) is 24.8 Å². The molecule has 0 spiro atoms. The highest BCUT2D eigenvalue weighted by molar-refractivity contribution is 6.20. The van der Waals surface area contributed by atoms with Gasteiger partial charge < -0.3 is 14.2 Å². The molecule has 0 aliphatic carbocycles. The van der Waals surface area contributed by atoms with E-state index >= 15 is 0 Å². The summed E-state index contributed by atoms with van der Waals surface area (Å²) >= 11 is 6.05. The van der Waals surface area contributed by atoms with E-state index in [1.54, 1.807) is 18.2 Å². The Kier molecular flexibility index (Phi) is 7.11. The Morgan fingerprint density at radius 1 is 1.10 bits per heavy atom. The van der Waals surface area contributed by atoms with Gasteiger partial charge in [-0.1, -0.05) is 6.07 Å². The third-order valence-corrected chi connectivity index (χ3v) is 2.84. The van der Waals surface area contributed by atoms with E-state index in [9.17, 15) is 13.2 Å². The number of hydrogen-bond acceptors (Lipinski definition) is 3.